The SMILES string of the molecule is CN1CCN(c2ccc(C3NCCc4ccccc43)cn2)CC1. The molecule has 4 rings (SSSR count). The van der Waals surface area contributed by atoms with Crippen LogP contribution in [0.3, 0.4) is 0 Å². The summed E-state index contributed by atoms with van der Waals surface area (Å²) < 4.78 is 0. The summed E-state index contributed by atoms with van der Waals surface area (Å²) in [6, 6.07) is 13.4. The lowest BCUT2D eigenvalue weighted by Gasteiger charge is -2.33. The number of nitrogens with zero attached hydrogens (tertiary/aromatic N) is 3. The Balaban J connectivity index is 1.55. The lowest BCUT2D eigenvalue weighted by molar-refractivity contribution is 0.312. The zero-order valence-corrected chi connectivity index (χ0v) is 13.7. The number of rotatable bonds is 2. The molecule has 0 radical (unpaired) electrons. The maximum absolute atomic E-state index is 4.74. The second-order valence-electron chi connectivity index (χ2n) is 6.58. The molecule has 2 aromatic rings. The van der Waals surface area contributed by atoms with E-state index < -0.39 is 0 Å². The summed E-state index contributed by atoms with van der Waals surface area (Å²) in [4.78, 5) is 9.49. The Hall–Kier alpha value is -1.91. The molecule has 120 valence electrons. The quantitative estimate of drug-likeness (QED) is 0.920. The van der Waals surface area contributed by atoms with Crippen LogP contribution in [0.5, 0.6) is 0 Å². The number of nitrogens with one attached hydrogen (secondary N) is 1. The topological polar surface area (TPSA) is 31.4 Å². The van der Waals surface area contributed by atoms with Crippen molar-refractivity contribution in [2.45, 2.75) is 12.5 Å². The molecular formula is C19H24N4. The molecule has 23 heavy (non-hydrogen) atoms. The molecule has 1 atom stereocenters. The van der Waals surface area contributed by atoms with Gasteiger partial charge in [0.05, 0.1) is 6.04 Å². The number of likely N-dealkylation sites (N-methyl/N-ethyl adjacent to an activating group) is 1. The highest BCUT2D eigenvalue weighted by Crippen LogP contribution is 2.28. The van der Waals surface area contributed by atoms with Crippen LogP contribution in [0.2, 0.25) is 0 Å². The molecule has 0 saturated carbocycles. The lowest BCUT2D eigenvalue weighted by Crippen LogP contribution is -2.44. The Morgan fingerprint density at radius 2 is 1.87 bits per heavy atom. The number of piperazine rings is 1. The third-order valence-corrected chi connectivity index (χ3v) is 5.04. The van der Waals surface area contributed by atoms with Crippen molar-refractivity contribution in [2.75, 3.05) is 44.7 Å². The van der Waals surface area contributed by atoms with E-state index in [9.17, 15) is 0 Å². The van der Waals surface area contributed by atoms with E-state index in [2.05, 4.69) is 58.6 Å². The third-order valence-electron chi connectivity index (χ3n) is 5.04. The molecular weight excluding hydrogens is 284 g/mol. The highest BCUT2D eigenvalue weighted by Gasteiger charge is 2.21. The van der Waals surface area contributed by atoms with E-state index in [0.717, 1.165) is 45.0 Å². The van der Waals surface area contributed by atoms with Gasteiger partial charge in [-0.1, -0.05) is 30.3 Å². The fourth-order valence-electron chi connectivity index (χ4n) is 3.59. The van der Waals surface area contributed by atoms with Crippen LogP contribution < -0.4 is 10.2 Å². The van der Waals surface area contributed by atoms with Crippen molar-refractivity contribution in [2.24, 2.45) is 0 Å². The van der Waals surface area contributed by atoms with Crippen LogP contribution in [0.1, 0.15) is 22.7 Å². The number of anilines is 1. The van der Waals surface area contributed by atoms with Gasteiger partial charge in [0.25, 0.3) is 0 Å². The molecule has 3 heterocycles. The molecule has 2 aliphatic heterocycles. The van der Waals surface area contributed by atoms with Gasteiger partial charge < -0.3 is 15.1 Å². The molecule has 2 aliphatic rings. The minimum absolute atomic E-state index is 0.272. The first-order chi connectivity index (χ1) is 11.3. The smallest absolute Gasteiger partial charge is 0.128 e. The predicted octanol–water partition coefficient (Wildman–Crippen LogP) is 2.07. The second-order valence-corrected chi connectivity index (χ2v) is 6.58. The number of hydrogen-bond donors (Lipinski definition) is 1. The summed E-state index contributed by atoms with van der Waals surface area (Å²) in [6.45, 7) is 5.38. The number of pyridine rings is 1. The summed E-state index contributed by atoms with van der Waals surface area (Å²) in [7, 11) is 2.18. The van der Waals surface area contributed by atoms with Crippen LogP contribution >= 0.6 is 0 Å². The monoisotopic (exact) mass is 308 g/mol. The average molecular weight is 308 g/mol. The zero-order chi connectivity index (χ0) is 15.6. The Bertz CT molecular complexity index is 659. The van der Waals surface area contributed by atoms with Gasteiger partial charge in [0.15, 0.2) is 0 Å². The van der Waals surface area contributed by atoms with Gasteiger partial charge in [-0.25, -0.2) is 4.98 Å². The molecule has 0 amide bonds. The van der Waals surface area contributed by atoms with Gasteiger partial charge in [-0.05, 0) is 36.2 Å². The molecule has 1 fully saturated rings. The highest BCUT2D eigenvalue weighted by atomic mass is 15.3. The van der Waals surface area contributed by atoms with Crippen LogP contribution in [0, 0.1) is 0 Å². The molecule has 4 nitrogen and oxygen atoms in total. The Morgan fingerprint density at radius 3 is 2.65 bits per heavy atom. The summed E-state index contributed by atoms with van der Waals surface area (Å²) >= 11 is 0. The van der Waals surface area contributed by atoms with E-state index in [1.54, 1.807) is 0 Å². The largest absolute Gasteiger partial charge is 0.354 e. The minimum Gasteiger partial charge on any atom is -0.354 e. The molecule has 4 heteroatoms. The van der Waals surface area contributed by atoms with Gasteiger partial charge in [-0.15, -0.1) is 0 Å². The number of aromatic nitrogens is 1. The first kappa shape index (κ1) is 14.7. The molecule has 1 aromatic heterocycles. The van der Waals surface area contributed by atoms with E-state index >= 15 is 0 Å². The van der Waals surface area contributed by atoms with Crippen molar-refractivity contribution < 1.29 is 0 Å². The average Bonchev–Trinajstić information content (AvgIpc) is 2.62. The van der Waals surface area contributed by atoms with Crippen LogP contribution in [0.25, 0.3) is 0 Å². The van der Waals surface area contributed by atoms with Gasteiger partial charge in [-0.3, -0.25) is 0 Å². The van der Waals surface area contributed by atoms with Crippen molar-refractivity contribution in [3.05, 3.63) is 59.3 Å². The van der Waals surface area contributed by atoms with Crippen LogP contribution in [0.4, 0.5) is 5.82 Å². The van der Waals surface area contributed by atoms with Crippen molar-refractivity contribution in [1.82, 2.24) is 15.2 Å². The van der Waals surface area contributed by atoms with Crippen molar-refractivity contribution in [3.8, 4) is 0 Å². The van der Waals surface area contributed by atoms with Crippen LogP contribution in [0.15, 0.2) is 42.6 Å². The van der Waals surface area contributed by atoms with Gasteiger partial charge in [0.1, 0.15) is 5.82 Å². The van der Waals surface area contributed by atoms with E-state index in [4.69, 9.17) is 4.98 Å². The number of fused-ring (bicyclic) bond motifs is 1. The zero-order valence-electron chi connectivity index (χ0n) is 13.7. The fourth-order valence-corrected chi connectivity index (χ4v) is 3.59. The standard InChI is InChI=1S/C19H24N4/c1-22-10-12-23(13-11-22)18-7-6-16(14-21-18)19-17-5-3-2-4-15(17)8-9-20-19/h2-7,14,19-20H,8-13H2,1H3. The van der Waals surface area contributed by atoms with E-state index in [1.807, 2.05) is 6.20 Å². The summed E-state index contributed by atoms with van der Waals surface area (Å²) in [5.74, 6) is 1.10. The fraction of sp³-hybridized carbons (Fsp3) is 0.421. The maximum Gasteiger partial charge on any atom is 0.128 e. The number of hydrogen-bond acceptors (Lipinski definition) is 4. The summed E-state index contributed by atoms with van der Waals surface area (Å²) in [6.07, 6.45) is 3.16. The Morgan fingerprint density at radius 1 is 1.04 bits per heavy atom. The second kappa shape index (κ2) is 6.30. The molecule has 0 aliphatic carbocycles. The predicted molar refractivity (Wildman–Crippen MR) is 93.9 cm³/mol. The highest BCUT2D eigenvalue weighted by molar-refractivity contribution is 5.44. The van der Waals surface area contributed by atoms with Gasteiger partial charge in [0.2, 0.25) is 0 Å². The Kier molecular flexibility index (Phi) is 4.02. The molecule has 0 spiro atoms. The normalized spacial score (nSPS) is 22.0. The van der Waals surface area contributed by atoms with Crippen molar-refractivity contribution in [1.29, 1.82) is 0 Å². The van der Waals surface area contributed by atoms with Crippen molar-refractivity contribution >= 4 is 5.82 Å². The van der Waals surface area contributed by atoms with E-state index in [-0.39, 0.29) is 6.04 Å². The van der Waals surface area contributed by atoms with Crippen LogP contribution in [-0.2, 0) is 6.42 Å². The lowest BCUT2D eigenvalue weighted by atomic mass is 9.91. The first-order valence-corrected chi connectivity index (χ1v) is 8.52. The van der Waals surface area contributed by atoms with Gasteiger partial charge in [0, 0.05) is 38.9 Å². The molecule has 1 unspecified atom stereocenters. The van der Waals surface area contributed by atoms with E-state index in [0.29, 0.717) is 0 Å². The van der Waals surface area contributed by atoms with Gasteiger partial charge >= 0.3 is 0 Å². The third kappa shape index (κ3) is 2.96. The molecule has 1 N–H and O–H groups in total. The van der Waals surface area contributed by atoms with Crippen LogP contribution in [-0.4, -0.2) is 49.7 Å². The summed E-state index contributed by atoms with van der Waals surface area (Å²) in [5.41, 5.74) is 4.11. The number of benzene rings is 1. The Labute approximate surface area is 138 Å². The van der Waals surface area contributed by atoms with Crippen molar-refractivity contribution in [3.63, 3.8) is 0 Å². The maximum atomic E-state index is 4.74. The van der Waals surface area contributed by atoms with Gasteiger partial charge in [-0.2, -0.15) is 0 Å². The van der Waals surface area contributed by atoms with E-state index in [1.165, 1.54) is 16.7 Å². The summed E-state index contributed by atoms with van der Waals surface area (Å²) in [5, 5.41) is 3.64. The first-order valence-electron chi connectivity index (χ1n) is 8.52. The minimum atomic E-state index is 0.272. The molecule has 0 bridgehead atoms. The molecule has 1 saturated heterocycles. The molecule has 1 aromatic carbocycles.